The average Bonchev–Trinajstić information content (AvgIpc) is 2.71. The van der Waals surface area contributed by atoms with Crippen LogP contribution in [0.2, 0.25) is 0 Å². The van der Waals surface area contributed by atoms with Gasteiger partial charge in [-0.15, -0.1) is 0 Å². The van der Waals surface area contributed by atoms with Crippen molar-refractivity contribution in [2.24, 2.45) is 4.99 Å². The summed E-state index contributed by atoms with van der Waals surface area (Å²) in [5.74, 6) is -14.8. The fourth-order valence-corrected chi connectivity index (χ4v) is 1.42. The van der Waals surface area contributed by atoms with Crippen LogP contribution in [0.4, 0.5) is 39.5 Å². The van der Waals surface area contributed by atoms with Gasteiger partial charge in [0.1, 0.15) is 6.20 Å². The molecule has 1 rings (SSSR count). The number of hydrogen-bond acceptors (Lipinski definition) is 4. The van der Waals surface area contributed by atoms with Crippen LogP contribution < -0.4 is 0 Å². The molecule has 5 nitrogen and oxygen atoms in total. The first-order chi connectivity index (χ1) is 10.2. The predicted octanol–water partition coefficient (Wildman–Crippen LogP) is 2.53. The van der Waals surface area contributed by atoms with Crippen LogP contribution in [0.25, 0.3) is 0 Å². The van der Waals surface area contributed by atoms with E-state index in [1.165, 1.54) is 0 Å². The summed E-state index contributed by atoms with van der Waals surface area (Å²) in [5, 5.41) is -7.11. The number of nitrogens with zero attached hydrogens (tertiary/aromatic N) is 2. The summed E-state index contributed by atoms with van der Waals surface area (Å²) in [6, 6.07) is 0. The number of aliphatic imine (C=N–C) groups is 1. The molecule has 0 atom stereocenters. The Labute approximate surface area is 129 Å². The molecule has 0 radical (unpaired) electrons. The zero-order valence-corrected chi connectivity index (χ0v) is 12.5. The molecule has 0 aliphatic carbocycles. The molecular formula is C9H9F9N2O3S. The van der Waals surface area contributed by atoms with Gasteiger partial charge in [-0.3, -0.25) is 4.48 Å². The Morgan fingerprint density at radius 3 is 1.50 bits per heavy atom. The first kappa shape index (κ1) is 22.6. The van der Waals surface area contributed by atoms with Crippen molar-refractivity contribution in [1.82, 2.24) is 0 Å². The second-order valence-electron chi connectivity index (χ2n) is 4.81. The van der Waals surface area contributed by atoms with Crippen LogP contribution in [-0.4, -0.2) is 61.2 Å². The first-order valence-corrected chi connectivity index (χ1v) is 6.82. The van der Waals surface area contributed by atoms with Crippen molar-refractivity contribution in [3.05, 3.63) is 12.4 Å². The van der Waals surface area contributed by atoms with Crippen LogP contribution in [0, 0.1) is 0 Å². The number of hydrogen-bond donors (Lipinski definition) is 0. The molecule has 0 bridgehead atoms. The van der Waals surface area contributed by atoms with Gasteiger partial charge in [0, 0.05) is 0 Å². The number of halogens is 9. The van der Waals surface area contributed by atoms with Gasteiger partial charge in [-0.05, 0) is 0 Å². The van der Waals surface area contributed by atoms with Crippen molar-refractivity contribution < 1.29 is 57.0 Å². The maximum atomic E-state index is 12.2. The smallest absolute Gasteiger partial charge is 0.460 e. The molecule has 0 unspecified atom stereocenters. The highest BCUT2D eigenvalue weighted by atomic mass is 32.2. The number of quaternary nitrogens is 1. The van der Waals surface area contributed by atoms with Gasteiger partial charge in [-0.25, -0.2) is 13.4 Å². The minimum atomic E-state index is -7.43. The van der Waals surface area contributed by atoms with Gasteiger partial charge in [-0.1, -0.05) is 0 Å². The highest BCUT2D eigenvalue weighted by molar-refractivity contribution is 7.86. The molecule has 0 aromatic rings. The lowest BCUT2D eigenvalue weighted by molar-refractivity contribution is -0.732. The largest absolute Gasteiger partial charge is 0.743 e. The standard InChI is InChI=1S/C5H9N2.C4HF9O3S/c1-7(2)4-3-6-5-7;5-1(6,3(9,10)11)2(7,8)4(12,13)17(14,15)16/h3-5H,1-2H3;(H,14,15,16)/q+1;/p-1. The van der Waals surface area contributed by atoms with E-state index in [0.29, 0.717) is 0 Å². The van der Waals surface area contributed by atoms with Crippen LogP contribution in [0.15, 0.2) is 17.4 Å². The van der Waals surface area contributed by atoms with E-state index in [0.717, 1.165) is 4.48 Å². The minimum absolute atomic E-state index is 0.778. The van der Waals surface area contributed by atoms with Crippen LogP contribution in [-0.2, 0) is 10.1 Å². The van der Waals surface area contributed by atoms with Crippen LogP contribution in [0.5, 0.6) is 0 Å². The summed E-state index contributed by atoms with van der Waals surface area (Å²) in [4.78, 5) is 3.90. The Balaban J connectivity index is 0.000000620. The van der Waals surface area contributed by atoms with E-state index < -0.39 is 33.4 Å². The van der Waals surface area contributed by atoms with Crippen molar-refractivity contribution in [2.45, 2.75) is 23.3 Å². The van der Waals surface area contributed by atoms with Gasteiger partial charge in [-0.2, -0.15) is 39.5 Å². The van der Waals surface area contributed by atoms with Gasteiger partial charge < -0.3 is 4.55 Å². The Morgan fingerprint density at radius 1 is 0.917 bits per heavy atom. The highest BCUT2D eigenvalue weighted by Crippen LogP contribution is 2.54. The van der Waals surface area contributed by atoms with Crippen molar-refractivity contribution in [3.63, 3.8) is 0 Å². The van der Waals surface area contributed by atoms with Gasteiger partial charge in [0.15, 0.2) is 16.5 Å². The summed E-state index contributed by atoms with van der Waals surface area (Å²) in [6.07, 6.45) is -1.47. The monoisotopic (exact) mass is 396 g/mol. The van der Waals surface area contributed by atoms with Gasteiger partial charge in [0.2, 0.25) is 0 Å². The van der Waals surface area contributed by atoms with E-state index >= 15 is 0 Å². The third kappa shape index (κ3) is 4.18. The van der Waals surface area contributed by atoms with Crippen LogP contribution >= 0.6 is 0 Å². The summed E-state index contributed by atoms with van der Waals surface area (Å²) in [6.45, 7) is 0. The molecule has 1 heterocycles. The Kier molecular flexibility index (Phi) is 5.83. The number of alkyl halides is 9. The second kappa shape index (κ2) is 6.18. The third-order valence-electron chi connectivity index (χ3n) is 2.33. The van der Waals surface area contributed by atoms with Crippen molar-refractivity contribution in [2.75, 3.05) is 14.1 Å². The van der Waals surface area contributed by atoms with Crippen LogP contribution in [0.1, 0.15) is 0 Å². The maximum absolute atomic E-state index is 12.2. The molecule has 24 heavy (non-hydrogen) atoms. The van der Waals surface area contributed by atoms with Gasteiger partial charge in [0.05, 0.1) is 20.3 Å². The zero-order valence-electron chi connectivity index (χ0n) is 11.7. The molecule has 1 aliphatic heterocycles. The topological polar surface area (TPSA) is 69.6 Å². The Morgan fingerprint density at radius 2 is 1.33 bits per heavy atom. The second-order valence-corrected chi connectivity index (χ2v) is 6.23. The quantitative estimate of drug-likeness (QED) is 0.418. The van der Waals surface area contributed by atoms with Gasteiger partial charge in [0.25, 0.3) is 0 Å². The molecule has 0 aromatic heterocycles. The van der Waals surface area contributed by atoms with Crippen molar-refractivity contribution in [3.8, 4) is 0 Å². The van der Waals surface area contributed by atoms with E-state index in [9.17, 15) is 52.5 Å². The third-order valence-corrected chi connectivity index (χ3v) is 3.22. The maximum Gasteiger partial charge on any atom is 0.460 e. The Hall–Kier alpha value is -1.35. The molecule has 15 heteroatoms. The van der Waals surface area contributed by atoms with Crippen LogP contribution in [0.3, 0.4) is 0 Å². The summed E-state index contributed by atoms with van der Waals surface area (Å²) in [5.41, 5.74) is 0. The molecular weight excluding hydrogens is 387 g/mol. The lowest BCUT2D eigenvalue weighted by Gasteiger charge is -2.34. The van der Waals surface area contributed by atoms with Crippen molar-refractivity contribution >= 4 is 16.5 Å². The molecule has 0 fully saturated rings. The molecule has 0 aromatic carbocycles. The molecule has 0 saturated carbocycles. The molecule has 0 amide bonds. The van der Waals surface area contributed by atoms with E-state index in [4.69, 9.17) is 0 Å². The molecule has 1 aliphatic rings. The predicted molar refractivity (Wildman–Crippen MR) is 60.3 cm³/mol. The minimum Gasteiger partial charge on any atom is -0.743 e. The normalized spacial score (nSPS) is 18.3. The summed E-state index contributed by atoms with van der Waals surface area (Å²) < 4.78 is 136. The zero-order chi connectivity index (χ0) is 19.8. The first-order valence-electron chi connectivity index (χ1n) is 5.42. The fraction of sp³-hybridized carbons (Fsp3) is 0.667. The summed E-state index contributed by atoms with van der Waals surface area (Å²) in [7, 11) is -3.29. The fourth-order valence-electron chi connectivity index (χ4n) is 0.977. The van der Waals surface area contributed by atoms with Crippen molar-refractivity contribution in [1.29, 1.82) is 0 Å². The summed E-state index contributed by atoms with van der Waals surface area (Å²) >= 11 is 0. The molecule has 0 saturated heterocycles. The van der Waals surface area contributed by atoms with E-state index in [1.807, 2.05) is 12.5 Å². The lowest BCUT2D eigenvalue weighted by atomic mass is 10.1. The average molecular weight is 396 g/mol. The Bertz CT molecular complexity index is 609. The molecule has 0 N–H and O–H groups in total. The van der Waals surface area contributed by atoms with E-state index in [2.05, 4.69) is 19.1 Å². The van der Waals surface area contributed by atoms with Gasteiger partial charge >= 0.3 is 23.3 Å². The highest BCUT2D eigenvalue weighted by Gasteiger charge is 2.83. The van der Waals surface area contributed by atoms with E-state index in [1.54, 1.807) is 6.20 Å². The van der Waals surface area contributed by atoms with E-state index in [-0.39, 0.29) is 0 Å². The molecule has 142 valence electrons. The molecule has 0 spiro atoms. The SMILES string of the molecule is C[N+]1(C)C=CN=C1.O=S(=O)([O-])C(F)(F)C(F)(F)C(F)(F)C(F)(F)F. The lowest BCUT2D eigenvalue weighted by Crippen LogP contribution is -2.63. The number of rotatable bonds is 3.